The van der Waals surface area contributed by atoms with E-state index in [0.717, 1.165) is 17.8 Å². The number of nitrogens with zero attached hydrogens (tertiary/aromatic N) is 4. The SMILES string of the molecule is CCCc1nnc(NC(=O)N[C@@H](C)Cn2cccn2)s1. The molecule has 0 aliphatic rings. The van der Waals surface area contributed by atoms with Crippen LogP contribution in [0.25, 0.3) is 0 Å². The van der Waals surface area contributed by atoms with Crippen molar-refractivity contribution in [2.75, 3.05) is 5.32 Å². The van der Waals surface area contributed by atoms with Gasteiger partial charge in [0.05, 0.1) is 6.54 Å². The van der Waals surface area contributed by atoms with Gasteiger partial charge in [0.15, 0.2) is 0 Å². The number of aryl methyl sites for hydroxylation is 1. The smallest absolute Gasteiger partial charge is 0.321 e. The molecule has 2 rings (SSSR count). The molecule has 2 aromatic heterocycles. The molecule has 0 bridgehead atoms. The molecule has 20 heavy (non-hydrogen) atoms. The first kappa shape index (κ1) is 14.4. The molecular weight excluding hydrogens is 276 g/mol. The topological polar surface area (TPSA) is 84.7 Å². The zero-order chi connectivity index (χ0) is 14.4. The van der Waals surface area contributed by atoms with E-state index in [1.165, 1.54) is 11.3 Å². The van der Waals surface area contributed by atoms with Gasteiger partial charge in [0.25, 0.3) is 0 Å². The van der Waals surface area contributed by atoms with Gasteiger partial charge in [-0.3, -0.25) is 10.00 Å². The Labute approximate surface area is 121 Å². The van der Waals surface area contributed by atoms with Crippen molar-refractivity contribution in [1.29, 1.82) is 0 Å². The Morgan fingerprint density at radius 2 is 2.35 bits per heavy atom. The number of urea groups is 1. The van der Waals surface area contributed by atoms with Crippen molar-refractivity contribution in [3.8, 4) is 0 Å². The number of anilines is 1. The second kappa shape index (κ2) is 6.99. The summed E-state index contributed by atoms with van der Waals surface area (Å²) < 4.78 is 1.77. The number of rotatable bonds is 6. The molecule has 0 aliphatic carbocycles. The number of amides is 2. The zero-order valence-electron chi connectivity index (χ0n) is 11.5. The number of nitrogens with one attached hydrogen (secondary N) is 2. The molecule has 0 aliphatic heterocycles. The fourth-order valence-electron chi connectivity index (χ4n) is 1.71. The van der Waals surface area contributed by atoms with Crippen molar-refractivity contribution < 1.29 is 4.79 Å². The molecule has 2 aromatic rings. The summed E-state index contributed by atoms with van der Waals surface area (Å²) >= 11 is 1.41. The molecule has 108 valence electrons. The van der Waals surface area contributed by atoms with E-state index in [0.29, 0.717) is 11.7 Å². The van der Waals surface area contributed by atoms with Gasteiger partial charge in [0.2, 0.25) is 5.13 Å². The molecule has 0 radical (unpaired) electrons. The third-order valence-electron chi connectivity index (χ3n) is 2.55. The van der Waals surface area contributed by atoms with Crippen molar-refractivity contribution in [3.63, 3.8) is 0 Å². The van der Waals surface area contributed by atoms with Crippen LogP contribution in [0.5, 0.6) is 0 Å². The second-order valence-corrected chi connectivity index (χ2v) is 5.54. The van der Waals surface area contributed by atoms with Gasteiger partial charge in [0, 0.05) is 24.9 Å². The Bertz CT molecular complexity index is 538. The molecule has 0 aromatic carbocycles. The van der Waals surface area contributed by atoms with Gasteiger partial charge in [-0.15, -0.1) is 10.2 Å². The lowest BCUT2D eigenvalue weighted by Gasteiger charge is -2.13. The van der Waals surface area contributed by atoms with Crippen LogP contribution in [0.2, 0.25) is 0 Å². The molecule has 2 N–H and O–H groups in total. The zero-order valence-corrected chi connectivity index (χ0v) is 12.4. The first-order chi connectivity index (χ1) is 9.67. The summed E-state index contributed by atoms with van der Waals surface area (Å²) in [5.41, 5.74) is 0. The predicted octanol–water partition coefficient (Wildman–Crippen LogP) is 1.90. The third-order valence-corrected chi connectivity index (χ3v) is 3.45. The minimum Gasteiger partial charge on any atom is -0.333 e. The van der Waals surface area contributed by atoms with Crippen molar-refractivity contribution in [2.24, 2.45) is 0 Å². The number of hydrogen-bond donors (Lipinski definition) is 2. The predicted molar refractivity (Wildman–Crippen MR) is 77.7 cm³/mol. The van der Waals surface area contributed by atoms with Gasteiger partial charge >= 0.3 is 6.03 Å². The highest BCUT2D eigenvalue weighted by molar-refractivity contribution is 7.15. The second-order valence-electron chi connectivity index (χ2n) is 4.48. The van der Waals surface area contributed by atoms with Crippen LogP contribution in [0.3, 0.4) is 0 Å². The average molecular weight is 294 g/mol. The highest BCUT2D eigenvalue weighted by atomic mass is 32.1. The summed E-state index contributed by atoms with van der Waals surface area (Å²) in [5, 5.41) is 19.0. The van der Waals surface area contributed by atoms with E-state index in [-0.39, 0.29) is 12.1 Å². The van der Waals surface area contributed by atoms with E-state index in [4.69, 9.17) is 0 Å². The number of hydrogen-bond acceptors (Lipinski definition) is 5. The Balaban J connectivity index is 1.79. The van der Waals surface area contributed by atoms with Crippen LogP contribution in [0.15, 0.2) is 18.5 Å². The Morgan fingerprint density at radius 3 is 3.05 bits per heavy atom. The normalized spacial score (nSPS) is 12.1. The lowest BCUT2D eigenvalue weighted by Crippen LogP contribution is -2.38. The lowest BCUT2D eigenvalue weighted by atomic mass is 10.3. The van der Waals surface area contributed by atoms with E-state index in [9.17, 15) is 4.79 Å². The fraction of sp³-hybridized carbons (Fsp3) is 0.500. The lowest BCUT2D eigenvalue weighted by molar-refractivity contribution is 0.247. The van der Waals surface area contributed by atoms with Crippen LogP contribution >= 0.6 is 11.3 Å². The van der Waals surface area contributed by atoms with Crippen LogP contribution in [0.4, 0.5) is 9.93 Å². The van der Waals surface area contributed by atoms with E-state index < -0.39 is 0 Å². The van der Waals surface area contributed by atoms with Crippen LogP contribution in [0, 0.1) is 0 Å². The Hall–Kier alpha value is -1.96. The molecule has 2 heterocycles. The molecule has 1 atom stereocenters. The van der Waals surface area contributed by atoms with Crippen LogP contribution in [0.1, 0.15) is 25.3 Å². The highest BCUT2D eigenvalue weighted by Gasteiger charge is 2.11. The molecular formula is C12H18N6OS. The maximum atomic E-state index is 11.8. The minimum absolute atomic E-state index is 0.0297. The summed E-state index contributed by atoms with van der Waals surface area (Å²) in [6, 6.07) is 1.55. The van der Waals surface area contributed by atoms with Gasteiger partial charge in [0.1, 0.15) is 5.01 Å². The van der Waals surface area contributed by atoms with E-state index in [1.54, 1.807) is 10.9 Å². The molecule has 0 fully saturated rings. The largest absolute Gasteiger partial charge is 0.333 e. The van der Waals surface area contributed by atoms with Gasteiger partial charge < -0.3 is 5.32 Å². The monoisotopic (exact) mass is 294 g/mol. The number of carbonyl (C=O) groups excluding carboxylic acids is 1. The first-order valence-corrected chi connectivity index (χ1v) is 7.36. The van der Waals surface area contributed by atoms with Crippen molar-refractivity contribution in [3.05, 3.63) is 23.5 Å². The number of aromatic nitrogens is 4. The standard InChI is InChI=1S/C12H18N6OS/c1-3-5-10-16-17-12(20-10)15-11(19)14-9(2)8-18-7-4-6-13-18/h4,6-7,9H,3,5,8H2,1-2H3,(H2,14,15,17,19)/t9-/m0/s1. The molecule has 0 unspecified atom stereocenters. The summed E-state index contributed by atoms with van der Waals surface area (Å²) in [6.45, 7) is 4.62. The average Bonchev–Trinajstić information content (AvgIpc) is 3.01. The minimum atomic E-state index is -0.274. The van der Waals surface area contributed by atoms with Gasteiger partial charge in [-0.05, 0) is 19.4 Å². The summed E-state index contributed by atoms with van der Waals surface area (Å²) in [6.07, 6.45) is 5.47. The Morgan fingerprint density at radius 1 is 1.50 bits per heavy atom. The van der Waals surface area contributed by atoms with E-state index in [1.807, 2.05) is 19.2 Å². The van der Waals surface area contributed by atoms with E-state index in [2.05, 4.69) is 32.9 Å². The maximum absolute atomic E-state index is 11.8. The van der Waals surface area contributed by atoms with Gasteiger partial charge in [-0.1, -0.05) is 18.3 Å². The molecule has 0 saturated carbocycles. The van der Waals surface area contributed by atoms with Crippen molar-refractivity contribution >= 4 is 22.5 Å². The summed E-state index contributed by atoms with van der Waals surface area (Å²) in [7, 11) is 0. The molecule has 2 amide bonds. The van der Waals surface area contributed by atoms with E-state index >= 15 is 0 Å². The van der Waals surface area contributed by atoms with Crippen molar-refractivity contribution in [1.82, 2.24) is 25.3 Å². The molecule has 8 heteroatoms. The number of carbonyl (C=O) groups is 1. The summed E-state index contributed by atoms with van der Waals surface area (Å²) in [5.74, 6) is 0. The fourth-order valence-corrected chi connectivity index (χ4v) is 2.55. The van der Waals surface area contributed by atoms with Crippen LogP contribution < -0.4 is 10.6 Å². The highest BCUT2D eigenvalue weighted by Crippen LogP contribution is 2.16. The van der Waals surface area contributed by atoms with Crippen LogP contribution in [-0.2, 0) is 13.0 Å². The van der Waals surface area contributed by atoms with Gasteiger partial charge in [-0.2, -0.15) is 5.10 Å². The van der Waals surface area contributed by atoms with Gasteiger partial charge in [-0.25, -0.2) is 4.79 Å². The summed E-state index contributed by atoms with van der Waals surface area (Å²) in [4.78, 5) is 11.8. The molecule has 0 spiro atoms. The third kappa shape index (κ3) is 4.30. The molecule has 0 saturated heterocycles. The maximum Gasteiger partial charge on any atom is 0.321 e. The Kier molecular flexibility index (Phi) is 5.05. The quantitative estimate of drug-likeness (QED) is 0.852. The first-order valence-electron chi connectivity index (χ1n) is 6.54. The van der Waals surface area contributed by atoms with Crippen LogP contribution in [-0.4, -0.2) is 32.1 Å². The van der Waals surface area contributed by atoms with Crippen molar-refractivity contribution in [2.45, 2.75) is 39.3 Å². The molecule has 7 nitrogen and oxygen atoms in total.